The number of nitrogens with zero attached hydrogens (tertiary/aromatic N) is 3. The number of hydrogen-bond acceptors (Lipinski definition) is 3. The van der Waals surface area contributed by atoms with Gasteiger partial charge in [-0.25, -0.2) is 9.97 Å². The standard InChI is InChI=1S/C10H12N4/c1-10(4-5-10)14-8-7(13-9(14)11)3-2-6-12-8/h2-3,6H,4-5H2,1H3,(H2,11,13). The molecule has 1 fully saturated rings. The normalized spacial score (nSPS) is 18.6. The van der Waals surface area contributed by atoms with Crippen molar-refractivity contribution in [3.05, 3.63) is 18.3 Å². The van der Waals surface area contributed by atoms with Gasteiger partial charge in [-0.3, -0.25) is 4.57 Å². The Bertz CT molecular complexity index is 496. The van der Waals surface area contributed by atoms with E-state index >= 15 is 0 Å². The van der Waals surface area contributed by atoms with Gasteiger partial charge in [-0.1, -0.05) is 0 Å². The molecule has 0 aliphatic heterocycles. The summed E-state index contributed by atoms with van der Waals surface area (Å²) in [6.45, 7) is 2.19. The zero-order valence-electron chi connectivity index (χ0n) is 8.07. The van der Waals surface area contributed by atoms with Crippen LogP contribution in [0.2, 0.25) is 0 Å². The minimum Gasteiger partial charge on any atom is -0.369 e. The summed E-state index contributed by atoms with van der Waals surface area (Å²) < 4.78 is 2.06. The van der Waals surface area contributed by atoms with Crippen molar-refractivity contribution in [1.82, 2.24) is 14.5 Å². The Labute approximate surface area is 81.8 Å². The lowest BCUT2D eigenvalue weighted by Gasteiger charge is -2.12. The number of rotatable bonds is 1. The van der Waals surface area contributed by atoms with Crippen molar-refractivity contribution in [2.45, 2.75) is 25.3 Å². The molecular formula is C10H12N4. The molecule has 2 N–H and O–H groups in total. The number of pyridine rings is 1. The Kier molecular flexibility index (Phi) is 1.26. The van der Waals surface area contributed by atoms with Crippen LogP contribution in [0, 0.1) is 0 Å². The topological polar surface area (TPSA) is 56.7 Å². The number of anilines is 1. The van der Waals surface area contributed by atoms with Crippen LogP contribution >= 0.6 is 0 Å². The van der Waals surface area contributed by atoms with E-state index in [1.807, 2.05) is 12.1 Å². The van der Waals surface area contributed by atoms with E-state index in [1.54, 1.807) is 6.20 Å². The molecule has 1 aliphatic carbocycles. The third kappa shape index (κ3) is 0.880. The smallest absolute Gasteiger partial charge is 0.202 e. The lowest BCUT2D eigenvalue weighted by Crippen LogP contribution is -2.15. The fourth-order valence-corrected chi connectivity index (χ4v) is 1.87. The molecule has 1 aliphatic rings. The van der Waals surface area contributed by atoms with Crippen molar-refractivity contribution in [1.29, 1.82) is 0 Å². The predicted molar refractivity (Wildman–Crippen MR) is 54.8 cm³/mol. The quantitative estimate of drug-likeness (QED) is 0.738. The lowest BCUT2D eigenvalue weighted by molar-refractivity contribution is 0.553. The van der Waals surface area contributed by atoms with Crippen molar-refractivity contribution in [3.63, 3.8) is 0 Å². The van der Waals surface area contributed by atoms with Crippen molar-refractivity contribution in [3.8, 4) is 0 Å². The van der Waals surface area contributed by atoms with Crippen LogP contribution in [0.3, 0.4) is 0 Å². The Morgan fingerprint density at radius 3 is 3.00 bits per heavy atom. The Balaban J connectivity index is 2.36. The molecule has 0 saturated heterocycles. The van der Waals surface area contributed by atoms with Crippen LogP contribution in [0.15, 0.2) is 18.3 Å². The molecule has 0 radical (unpaired) electrons. The van der Waals surface area contributed by atoms with E-state index in [4.69, 9.17) is 5.73 Å². The molecule has 1 saturated carbocycles. The first-order chi connectivity index (χ1) is 6.71. The summed E-state index contributed by atoms with van der Waals surface area (Å²) >= 11 is 0. The van der Waals surface area contributed by atoms with Crippen LogP contribution in [-0.4, -0.2) is 14.5 Å². The predicted octanol–water partition coefficient (Wildman–Crippen LogP) is 1.52. The molecule has 0 unspecified atom stereocenters. The number of fused-ring (bicyclic) bond motifs is 1. The first kappa shape index (κ1) is 7.79. The van der Waals surface area contributed by atoms with Crippen LogP contribution in [0.25, 0.3) is 11.2 Å². The van der Waals surface area contributed by atoms with E-state index in [2.05, 4.69) is 21.5 Å². The number of imidazole rings is 1. The highest BCUT2D eigenvalue weighted by Crippen LogP contribution is 2.45. The number of nitrogen functional groups attached to an aromatic ring is 1. The summed E-state index contributed by atoms with van der Waals surface area (Å²) in [5, 5.41) is 0. The summed E-state index contributed by atoms with van der Waals surface area (Å²) in [7, 11) is 0. The molecule has 4 nitrogen and oxygen atoms in total. The van der Waals surface area contributed by atoms with Gasteiger partial charge in [-0.2, -0.15) is 0 Å². The zero-order chi connectivity index (χ0) is 9.76. The Morgan fingerprint density at radius 1 is 1.50 bits per heavy atom. The SMILES string of the molecule is CC1(n2c(N)nc3cccnc32)CC1. The average Bonchev–Trinajstić information content (AvgIpc) is 2.79. The second kappa shape index (κ2) is 2.26. The first-order valence-corrected chi connectivity index (χ1v) is 4.80. The third-order valence-corrected chi connectivity index (χ3v) is 2.96. The Hall–Kier alpha value is -1.58. The third-order valence-electron chi connectivity index (χ3n) is 2.96. The fourth-order valence-electron chi connectivity index (χ4n) is 1.87. The van der Waals surface area contributed by atoms with E-state index in [0.717, 1.165) is 11.2 Å². The molecule has 2 aromatic rings. The van der Waals surface area contributed by atoms with Gasteiger partial charge in [-0.05, 0) is 31.9 Å². The highest BCUT2D eigenvalue weighted by atomic mass is 15.2. The Morgan fingerprint density at radius 2 is 2.29 bits per heavy atom. The van der Waals surface area contributed by atoms with Crippen LogP contribution in [0.1, 0.15) is 19.8 Å². The molecule has 2 heterocycles. The zero-order valence-corrected chi connectivity index (χ0v) is 8.07. The molecule has 2 aromatic heterocycles. The minimum absolute atomic E-state index is 0.160. The van der Waals surface area contributed by atoms with E-state index < -0.39 is 0 Å². The molecule has 0 bridgehead atoms. The molecule has 14 heavy (non-hydrogen) atoms. The summed E-state index contributed by atoms with van der Waals surface area (Å²) in [4.78, 5) is 8.63. The van der Waals surface area contributed by atoms with Gasteiger partial charge in [0.05, 0.1) is 0 Å². The van der Waals surface area contributed by atoms with Crippen LogP contribution in [0.5, 0.6) is 0 Å². The molecule has 0 spiro atoms. The molecule has 4 heteroatoms. The van der Waals surface area contributed by atoms with Crippen LogP contribution < -0.4 is 5.73 Å². The maximum Gasteiger partial charge on any atom is 0.202 e. The van der Waals surface area contributed by atoms with Crippen molar-refractivity contribution in [2.75, 3.05) is 5.73 Å². The van der Waals surface area contributed by atoms with Gasteiger partial charge in [0.1, 0.15) is 5.52 Å². The van der Waals surface area contributed by atoms with Crippen molar-refractivity contribution >= 4 is 17.1 Å². The summed E-state index contributed by atoms with van der Waals surface area (Å²) in [6.07, 6.45) is 4.12. The molecule has 0 atom stereocenters. The monoisotopic (exact) mass is 188 g/mol. The van der Waals surface area contributed by atoms with Gasteiger partial charge in [0.15, 0.2) is 5.65 Å². The van der Waals surface area contributed by atoms with Gasteiger partial charge in [0, 0.05) is 11.7 Å². The molecule has 0 aromatic carbocycles. The van der Waals surface area contributed by atoms with E-state index in [0.29, 0.717) is 5.95 Å². The largest absolute Gasteiger partial charge is 0.369 e. The second-order valence-corrected chi connectivity index (χ2v) is 4.15. The molecular weight excluding hydrogens is 176 g/mol. The van der Waals surface area contributed by atoms with Crippen LogP contribution in [0.4, 0.5) is 5.95 Å². The lowest BCUT2D eigenvalue weighted by atomic mass is 10.3. The summed E-state index contributed by atoms with van der Waals surface area (Å²) in [6, 6.07) is 3.83. The van der Waals surface area contributed by atoms with Gasteiger partial charge in [0.25, 0.3) is 0 Å². The maximum atomic E-state index is 5.89. The first-order valence-electron chi connectivity index (χ1n) is 4.80. The second-order valence-electron chi connectivity index (χ2n) is 4.15. The number of nitrogens with two attached hydrogens (primary N) is 1. The van der Waals surface area contributed by atoms with E-state index in [9.17, 15) is 0 Å². The van der Waals surface area contributed by atoms with Gasteiger partial charge >= 0.3 is 0 Å². The van der Waals surface area contributed by atoms with Gasteiger partial charge in [-0.15, -0.1) is 0 Å². The van der Waals surface area contributed by atoms with Crippen molar-refractivity contribution in [2.24, 2.45) is 0 Å². The number of hydrogen-bond donors (Lipinski definition) is 1. The molecule has 3 rings (SSSR count). The highest BCUT2D eigenvalue weighted by Gasteiger charge is 2.42. The molecule has 0 amide bonds. The average molecular weight is 188 g/mol. The maximum absolute atomic E-state index is 5.89. The highest BCUT2D eigenvalue weighted by molar-refractivity contribution is 5.74. The van der Waals surface area contributed by atoms with E-state index in [-0.39, 0.29) is 5.54 Å². The fraction of sp³-hybridized carbons (Fsp3) is 0.400. The summed E-state index contributed by atoms with van der Waals surface area (Å²) in [5.41, 5.74) is 7.85. The van der Waals surface area contributed by atoms with Crippen LogP contribution in [-0.2, 0) is 5.54 Å². The number of aromatic nitrogens is 3. The van der Waals surface area contributed by atoms with Crippen molar-refractivity contribution < 1.29 is 0 Å². The molecule has 72 valence electrons. The van der Waals surface area contributed by atoms with E-state index in [1.165, 1.54) is 12.8 Å². The minimum atomic E-state index is 0.160. The van der Waals surface area contributed by atoms with Gasteiger partial charge < -0.3 is 5.73 Å². The summed E-state index contributed by atoms with van der Waals surface area (Å²) in [5.74, 6) is 0.582. The van der Waals surface area contributed by atoms with Gasteiger partial charge in [0.2, 0.25) is 5.95 Å².